The van der Waals surface area contributed by atoms with Gasteiger partial charge in [0, 0.05) is 55.0 Å². The first-order chi connectivity index (χ1) is 15.1. The lowest BCUT2D eigenvalue weighted by Gasteiger charge is -2.46. The molecule has 0 unspecified atom stereocenters. The van der Waals surface area contributed by atoms with Crippen molar-refractivity contribution in [2.24, 2.45) is 5.92 Å². The number of hydrogen-bond donors (Lipinski definition) is 1. The fourth-order valence-corrected chi connectivity index (χ4v) is 5.66. The topological polar surface area (TPSA) is 80.4 Å². The van der Waals surface area contributed by atoms with Crippen LogP contribution in [0.1, 0.15) is 41.3 Å². The number of aromatic nitrogens is 2. The Morgan fingerprint density at radius 2 is 2.19 bits per heavy atom. The van der Waals surface area contributed by atoms with Gasteiger partial charge in [-0.05, 0) is 31.5 Å². The van der Waals surface area contributed by atoms with Crippen LogP contribution in [0.5, 0.6) is 0 Å². The molecule has 0 spiro atoms. The summed E-state index contributed by atoms with van der Waals surface area (Å²) in [5.74, 6) is 2.09. The first-order valence-corrected chi connectivity index (χ1v) is 11.7. The fourth-order valence-electron chi connectivity index (χ4n) is 5.06. The van der Waals surface area contributed by atoms with Crippen molar-refractivity contribution in [1.82, 2.24) is 19.8 Å². The molecule has 2 aliphatic rings. The molecule has 0 aliphatic carbocycles. The summed E-state index contributed by atoms with van der Waals surface area (Å²) in [7, 11) is 0. The number of thiazole rings is 1. The fraction of sp³-hybridized carbons (Fsp3) is 0.435. The molecule has 31 heavy (non-hydrogen) atoms. The van der Waals surface area contributed by atoms with Crippen molar-refractivity contribution in [2.75, 3.05) is 19.6 Å². The minimum Gasteiger partial charge on any atom is -0.465 e. The zero-order valence-electron chi connectivity index (χ0n) is 17.5. The van der Waals surface area contributed by atoms with Gasteiger partial charge in [0.15, 0.2) is 0 Å². The highest BCUT2D eigenvalue weighted by molar-refractivity contribution is 7.07. The van der Waals surface area contributed by atoms with Crippen molar-refractivity contribution >= 4 is 17.2 Å². The van der Waals surface area contributed by atoms with Gasteiger partial charge in [0.2, 0.25) is 5.91 Å². The van der Waals surface area contributed by atoms with Crippen LogP contribution in [-0.2, 0) is 17.8 Å². The molecule has 0 radical (unpaired) electrons. The second kappa shape index (κ2) is 8.43. The molecule has 0 saturated carbocycles. The van der Waals surface area contributed by atoms with Gasteiger partial charge < -0.3 is 9.73 Å². The van der Waals surface area contributed by atoms with Crippen molar-refractivity contribution in [2.45, 2.75) is 38.3 Å². The smallest absolute Gasteiger partial charge is 0.251 e. The van der Waals surface area contributed by atoms with Gasteiger partial charge in [-0.2, -0.15) is 0 Å². The van der Waals surface area contributed by atoms with Gasteiger partial charge in [0.1, 0.15) is 17.6 Å². The number of amides is 1. The second-order valence-electron chi connectivity index (χ2n) is 8.52. The van der Waals surface area contributed by atoms with E-state index in [4.69, 9.17) is 4.42 Å². The largest absolute Gasteiger partial charge is 0.465 e. The summed E-state index contributed by atoms with van der Waals surface area (Å²) in [5, 5.41) is 5.05. The predicted molar refractivity (Wildman–Crippen MR) is 118 cm³/mol. The van der Waals surface area contributed by atoms with Crippen LogP contribution >= 0.6 is 11.3 Å². The third-order valence-corrected chi connectivity index (χ3v) is 6.97. The lowest BCUT2D eigenvalue weighted by molar-refractivity contribution is -0.127. The Labute approximate surface area is 184 Å². The van der Waals surface area contributed by atoms with Gasteiger partial charge in [-0.3, -0.25) is 19.1 Å². The molecular weight excluding hydrogens is 412 g/mol. The molecule has 1 saturated heterocycles. The number of carbonyl (C=O) groups excluding carboxylic acids is 1. The first-order valence-electron chi connectivity index (χ1n) is 10.7. The van der Waals surface area contributed by atoms with E-state index in [-0.39, 0.29) is 23.3 Å². The Morgan fingerprint density at radius 1 is 1.29 bits per heavy atom. The van der Waals surface area contributed by atoms with Crippen LogP contribution in [0.25, 0.3) is 0 Å². The maximum absolute atomic E-state index is 13.3. The van der Waals surface area contributed by atoms with Gasteiger partial charge in [0.05, 0.1) is 17.7 Å². The number of rotatable bonds is 6. The summed E-state index contributed by atoms with van der Waals surface area (Å²) in [6.45, 7) is 4.81. The Bertz CT molecular complexity index is 1120. The lowest BCUT2D eigenvalue weighted by atomic mass is 9.78. The summed E-state index contributed by atoms with van der Waals surface area (Å²) in [6.07, 6.45) is 1.61. The maximum Gasteiger partial charge on any atom is 0.251 e. The van der Waals surface area contributed by atoms with Crippen LogP contribution in [0.2, 0.25) is 0 Å². The van der Waals surface area contributed by atoms with Crippen LogP contribution in [0.3, 0.4) is 0 Å². The SMILES string of the molecule is Cc1ccc(CN2C[C@@H]3C[C@H](C2)[C@H](C(=O)NCCc2cscn2)n2c3cccc2=O)o1. The number of carbonyl (C=O) groups is 1. The number of likely N-dealkylation sites (tertiary alicyclic amines) is 1. The van der Waals surface area contributed by atoms with Gasteiger partial charge in [-0.15, -0.1) is 11.3 Å². The summed E-state index contributed by atoms with van der Waals surface area (Å²) in [6, 6.07) is 8.87. The normalized spacial score (nSPS) is 22.8. The second-order valence-corrected chi connectivity index (χ2v) is 9.24. The third kappa shape index (κ3) is 4.09. The molecule has 3 aromatic rings. The molecule has 1 N–H and O–H groups in total. The summed E-state index contributed by atoms with van der Waals surface area (Å²) < 4.78 is 7.52. The number of piperidine rings is 1. The predicted octanol–water partition coefficient (Wildman–Crippen LogP) is 2.73. The van der Waals surface area contributed by atoms with E-state index in [0.717, 1.165) is 49.0 Å². The monoisotopic (exact) mass is 438 g/mol. The molecule has 1 amide bonds. The molecular formula is C23H26N4O3S. The molecule has 3 atom stereocenters. The number of furan rings is 1. The number of fused-ring (bicyclic) bond motifs is 4. The number of pyridine rings is 1. The maximum atomic E-state index is 13.3. The molecule has 8 heteroatoms. The Morgan fingerprint density at radius 3 is 2.97 bits per heavy atom. The zero-order valence-corrected chi connectivity index (χ0v) is 18.3. The van der Waals surface area contributed by atoms with Crippen molar-refractivity contribution in [1.29, 1.82) is 0 Å². The van der Waals surface area contributed by atoms with Crippen LogP contribution in [-0.4, -0.2) is 40.0 Å². The van der Waals surface area contributed by atoms with Crippen molar-refractivity contribution in [3.63, 3.8) is 0 Å². The highest BCUT2D eigenvalue weighted by Gasteiger charge is 2.43. The molecule has 162 valence electrons. The highest BCUT2D eigenvalue weighted by Crippen LogP contribution is 2.41. The van der Waals surface area contributed by atoms with Crippen molar-refractivity contribution in [3.05, 3.63) is 74.5 Å². The average molecular weight is 439 g/mol. The average Bonchev–Trinajstić information content (AvgIpc) is 3.40. The molecule has 2 aliphatic heterocycles. The number of nitrogens with one attached hydrogen (secondary N) is 1. The summed E-state index contributed by atoms with van der Waals surface area (Å²) in [5.41, 5.74) is 3.64. The zero-order chi connectivity index (χ0) is 21.4. The number of nitrogens with zero attached hydrogens (tertiary/aromatic N) is 3. The molecule has 1 fully saturated rings. The van der Waals surface area contributed by atoms with E-state index in [2.05, 4.69) is 15.2 Å². The van der Waals surface area contributed by atoms with Crippen LogP contribution in [0.4, 0.5) is 0 Å². The number of aryl methyl sites for hydroxylation is 1. The third-order valence-electron chi connectivity index (χ3n) is 6.33. The van der Waals surface area contributed by atoms with E-state index in [9.17, 15) is 9.59 Å². The van der Waals surface area contributed by atoms with E-state index in [1.54, 1.807) is 33.5 Å². The quantitative estimate of drug-likeness (QED) is 0.640. The summed E-state index contributed by atoms with van der Waals surface area (Å²) in [4.78, 5) is 32.7. The van der Waals surface area contributed by atoms with E-state index >= 15 is 0 Å². The molecule has 7 nitrogen and oxygen atoms in total. The first kappa shape index (κ1) is 20.2. The minimum absolute atomic E-state index is 0.0797. The Kier molecular flexibility index (Phi) is 5.50. The Balaban J connectivity index is 1.38. The molecule has 3 aromatic heterocycles. The van der Waals surface area contributed by atoms with Gasteiger partial charge in [-0.1, -0.05) is 6.07 Å². The van der Waals surface area contributed by atoms with E-state index in [0.29, 0.717) is 13.0 Å². The molecule has 5 rings (SSSR count). The van der Waals surface area contributed by atoms with Crippen LogP contribution in [0, 0.1) is 12.8 Å². The summed E-state index contributed by atoms with van der Waals surface area (Å²) >= 11 is 1.55. The molecule has 2 bridgehead atoms. The van der Waals surface area contributed by atoms with Crippen molar-refractivity contribution < 1.29 is 9.21 Å². The minimum atomic E-state index is -0.489. The van der Waals surface area contributed by atoms with Gasteiger partial charge in [0.25, 0.3) is 5.56 Å². The van der Waals surface area contributed by atoms with Gasteiger partial charge in [-0.25, -0.2) is 4.98 Å². The van der Waals surface area contributed by atoms with E-state index in [1.165, 1.54) is 0 Å². The molecule has 5 heterocycles. The van der Waals surface area contributed by atoms with E-state index < -0.39 is 6.04 Å². The van der Waals surface area contributed by atoms with Crippen molar-refractivity contribution in [3.8, 4) is 0 Å². The highest BCUT2D eigenvalue weighted by atomic mass is 32.1. The van der Waals surface area contributed by atoms with Gasteiger partial charge >= 0.3 is 0 Å². The molecule has 0 aromatic carbocycles. The standard InChI is InChI=1S/C23H26N4O3S/c1-15-5-6-19(30-15)12-26-10-16-9-17(11-26)22(27-20(16)3-2-4-21(27)28)23(29)24-8-7-18-13-31-14-25-18/h2-6,13-14,16-17,22H,7-12H2,1H3,(H,24,29)/t16-,17+,22+/m0/s1. The number of hydrogen-bond acceptors (Lipinski definition) is 6. The van der Waals surface area contributed by atoms with E-state index in [1.807, 2.05) is 30.5 Å². The lowest BCUT2D eigenvalue weighted by Crippen LogP contribution is -2.53. The van der Waals surface area contributed by atoms with Crippen LogP contribution in [0.15, 0.2) is 50.4 Å². The van der Waals surface area contributed by atoms with Crippen LogP contribution < -0.4 is 10.9 Å². The Hall–Kier alpha value is -2.71.